The molecule has 6 heteroatoms. The van der Waals surface area contributed by atoms with Gasteiger partial charge in [-0.2, -0.15) is 4.79 Å². The number of aromatic nitrogens is 1. The van der Waals surface area contributed by atoms with E-state index in [0.717, 1.165) is 11.8 Å². The molecule has 2 aromatic carbocycles. The van der Waals surface area contributed by atoms with Gasteiger partial charge in [-0.25, -0.2) is 4.98 Å². The molecule has 0 saturated carbocycles. The number of ketones is 1. The molecule has 0 spiro atoms. The predicted octanol–water partition coefficient (Wildman–Crippen LogP) is 3.31. The first-order chi connectivity index (χ1) is 12.2. The van der Waals surface area contributed by atoms with Crippen LogP contribution >= 0.6 is 0 Å². The number of ether oxygens (including phenoxy) is 2. The molecule has 0 aliphatic carbocycles. The smallest absolute Gasteiger partial charge is 0.328 e. The van der Waals surface area contributed by atoms with Crippen LogP contribution in [0.15, 0.2) is 54.6 Å². The number of carbonyl (C=O) groups excluding carboxylic acids is 1. The molecule has 0 fully saturated rings. The molecule has 25 heavy (non-hydrogen) atoms. The van der Waals surface area contributed by atoms with Crippen LogP contribution in [-0.4, -0.2) is 28.9 Å². The Labute approximate surface area is 144 Å². The van der Waals surface area contributed by atoms with Crippen LogP contribution in [0.3, 0.4) is 0 Å². The van der Waals surface area contributed by atoms with Gasteiger partial charge in [0, 0.05) is 17.0 Å². The van der Waals surface area contributed by atoms with Crippen molar-refractivity contribution in [1.82, 2.24) is 4.98 Å². The maximum Gasteiger partial charge on any atom is 0.328 e. The van der Waals surface area contributed by atoms with Crippen LogP contribution in [-0.2, 0) is 6.61 Å². The molecule has 0 bridgehead atoms. The van der Waals surface area contributed by atoms with E-state index in [2.05, 4.69) is 9.77 Å². The fraction of sp³-hybridized carbons (Fsp3) is 0.105. The Hall–Kier alpha value is -3.50. The van der Waals surface area contributed by atoms with Gasteiger partial charge in [0.15, 0.2) is 0 Å². The van der Waals surface area contributed by atoms with Crippen molar-refractivity contribution < 1.29 is 19.1 Å². The Bertz CT molecular complexity index is 964. The summed E-state index contributed by atoms with van der Waals surface area (Å²) in [6.07, 6.45) is 0.851. The molecule has 1 aromatic heterocycles. The lowest BCUT2D eigenvalue weighted by Crippen LogP contribution is -2.04. The SMILES string of the molecule is COc1ccc2c(C(=O)C=[N+]=[N-])ccc(OCc3ccccc3)c2n1. The van der Waals surface area contributed by atoms with Gasteiger partial charge in [-0.3, -0.25) is 4.79 Å². The van der Waals surface area contributed by atoms with Gasteiger partial charge in [-0.05, 0) is 23.8 Å². The van der Waals surface area contributed by atoms with Gasteiger partial charge in [0.25, 0.3) is 5.78 Å². The summed E-state index contributed by atoms with van der Waals surface area (Å²) in [4.78, 5) is 19.3. The third-order valence-electron chi connectivity index (χ3n) is 3.68. The number of nitrogens with zero attached hydrogens (tertiary/aromatic N) is 3. The van der Waals surface area contributed by atoms with Crippen molar-refractivity contribution in [3.8, 4) is 11.6 Å². The fourth-order valence-electron chi connectivity index (χ4n) is 2.48. The molecule has 3 rings (SSSR count). The molecule has 124 valence electrons. The molecule has 0 radical (unpaired) electrons. The zero-order chi connectivity index (χ0) is 17.6. The Morgan fingerprint density at radius 3 is 2.68 bits per heavy atom. The van der Waals surface area contributed by atoms with Crippen molar-refractivity contribution in [2.75, 3.05) is 7.11 Å². The van der Waals surface area contributed by atoms with E-state index in [1.165, 1.54) is 7.11 Å². The lowest BCUT2D eigenvalue weighted by molar-refractivity contribution is 0.00236. The summed E-state index contributed by atoms with van der Waals surface area (Å²) >= 11 is 0. The minimum absolute atomic E-state index is 0.370. The highest BCUT2D eigenvalue weighted by molar-refractivity contribution is 6.36. The third kappa shape index (κ3) is 3.54. The van der Waals surface area contributed by atoms with Gasteiger partial charge >= 0.3 is 6.21 Å². The summed E-state index contributed by atoms with van der Waals surface area (Å²) in [6, 6.07) is 16.4. The summed E-state index contributed by atoms with van der Waals surface area (Å²) < 4.78 is 11.1. The Kier molecular flexibility index (Phi) is 4.83. The molecule has 0 aliphatic rings. The monoisotopic (exact) mass is 333 g/mol. The molecule has 6 nitrogen and oxygen atoms in total. The van der Waals surface area contributed by atoms with Crippen LogP contribution in [0.5, 0.6) is 11.6 Å². The van der Waals surface area contributed by atoms with E-state index in [4.69, 9.17) is 15.0 Å². The minimum atomic E-state index is -0.422. The van der Waals surface area contributed by atoms with Crippen molar-refractivity contribution >= 4 is 22.9 Å². The Morgan fingerprint density at radius 1 is 1.16 bits per heavy atom. The molecule has 3 aromatic rings. The molecular weight excluding hydrogens is 318 g/mol. The number of Topliss-reactive ketones (excluding diaryl/α,β-unsaturated/α-hetero) is 1. The van der Waals surface area contributed by atoms with E-state index < -0.39 is 5.78 Å². The van der Waals surface area contributed by atoms with Gasteiger partial charge in [0.2, 0.25) is 5.88 Å². The van der Waals surface area contributed by atoms with Gasteiger partial charge in [0.05, 0.1) is 7.11 Å². The van der Waals surface area contributed by atoms with Crippen molar-refractivity contribution in [2.24, 2.45) is 0 Å². The minimum Gasteiger partial charge on any atom is -0.487 e. The standard InChI is InChI=1S/C19H15N3O3/c1-24-18-10-8-15-14(16(23)11-21-20)7-9-17(19(15)22-18)25-12-13-5-3-2-4-6-13/h2-11H,12H2,1H3. The van der Waals surface area contributed by atoms with E-state index in [1.54, 1.807) is 24.3 Å². The number of hydrogen-bond donors (Lipinski definition) is 0. The molecule has 0 saturated heterocycles. The summed E-state index contributed by atoms with van der Waals surface area (Å²) in [5.41, 5.74) is 10.5. The molecule has 0 atom stereocenters. The second-order valence-electron chi connectivity index (χ2n) is 5.24. The fourth-order valence-corrected chi connectivity index (χ4v) is 2.48. The van der Waals surface area contributed by atoms with Gasteiger partial charge in [-0.1, -0.05) is 30.3 Å². The first kappa shape index (κ1) is 16.4. The van der Waals surface area contributed by atoms with Crippen LogP contribution in [0.1, 0.15) is 15.9 Å². The zero-order valence-corrected chi connectivity index (χ0v) is 13.5. The van der Waals surface area contributed by atoms with E-state index in [0.29, 0.717) is 34.7 Å². The summed E-state index contributed by atoms with van der Waals surface area (Å²) in [5, 5.41) is 0.594. The highest BCUT2D eigenvalue weighted by atomic mass is 16.5. The quantitative estimate of drug-likeness (QED) is 0.300. The van der Waals surface area contributed by atoms with E-state index in [1.807, 2.05) is 30.3 Å². The molecule has 0 N–H and O–H groups in total. The number of benzene rings is 2. The maximum atomic E-state index is 12.1. The zero-order valence-electron chi connectivity index (χ0n) is 13.5. The number of methoxy groups -OCH3 is 1. The number of hydrogen-bond acceptors (Lipinski definition) is 4. The summed E-state index contributed by atoms with van der Waals surface area (Å²) in [6.45, 7) is 0.375. The summed E-state index contributed by atoms with van der Waals surface area (Å²) in [7, 11) is 1.52. The second-order valence-corrected chi connectivity index (χ2v) is 5.24. The molecular formula is C19H15N3O3. The molecule has 1 heterocycles. The van der Waals surface area contributed by atoms with Crippen molar-refractivity contribution in [1.29, 1.82) is 0 Å². The Morgan fingerprint density at radius 2 is 1.96 bits per heavy atom. The first-order valence-corrected chi connectivity index (χ1v) is 7.59. The Balaban J connectivity index is 2.04. The van der Waals surface area contributed by atoms with Crippen molar-refractivity contribution in [3.05, 3.63) is 71.3 Å². The van der Waals surface area contributed by atoms with E-state index in [9.17, 15) is 4.79 Å². The highest BCUT2D eigenvalue weighted by Crippen LogP contribution is 2.29. The van der Waals surface area contributed by atoms with Crippen LogP contribution in [0, 0.1) is 0 Å². The van der Waals surface area contributed by atoms with E-state index >= 15 is 0 Å². The lowest BCUT2D eigenvalue weighted by Gasteiger charge is -2.11. The number of pyridine rings is 1. The predicted molar refractivity (Wildman–Crippen MR) is 93.1 cm³/mol. The summed E-state index contributed by atoms with van der Waals surface area (Å²) in [5.74, 6) is 0.529. The topological polar surface area (TPSA) is 84.8 Å². The normalized spacial score (nSPS) is 10.1. The molecule has 0 unspecified atom stereocenters. The number of carbonyl (C=O) groups is 1. The number of fused-ring (bicyclic) bond motifs is 1. The highest BCUT2D eigenvalue weighted by Gasteiger charge is 2.16. The third-order valence-corrected chi connectivity index (χ3v) is 3.68. The lowest BCUT2D eigenvalue weighted by atomic mass is 10.0. The molecule has 0 amide bonds. The number of rotatable bonds is 6. The van der Waals surface area contributed by atoms with Crippen LogP contribution in [0.2, 0.25) is 0 Å². The maximum absolute atomic E-state index is 12.1. The average molecular weight is 333 g/mol. The van der Waals surface area contributed by atoms with Crippen LogP contribution < -0.4 is 9.47 Å². The van der Waals surface area contributed by atoms with Crippen LogP contribution in [0.25, 0.3) is 16.4 Å². The largest absolute Gasteiger partial charge is 0.487 e. The van der Waals surface area contributed by atoms with E-state index in [-0.39, 0.29) is 0 Å². The first-order valence-electron chi connectivity index (χ1n) is 7.59. The van der Waals surface area contributed by atoms with Gasteiger partial charge in [-0.15, -0.1) is 0 Å². The van der Waals surface area contributed by atoms with Crippen LogP contribution in [0.4, 0.5) is 0 Å². The molecule has 0 aliphatic heterocycles. The second kappa shape index (κ2) is 7.38. The van der Waals surface area contributed by atoms with Gasteiger partial charge < -0.3 is 15.0 Å². The van der Waals surface area contributed by atoms with Crippen molar-refractivity contribution in [3.63, 3.8) is 0 Å². The average Bonchev–Trinajstić information content (AvgIpc) is 2.66. The van der Waals surface area contributed by atoms with Gasteiger partial charge in [0.1, 0.15) is 17.9 Å². The van der Waals surface area contributed by atoms with Crippen molar-refractivity contribution in [2.45, 2.75) is 6.61 Å².